The lowest BCUT2D eigenvalue weighted by Gasteiger charge is -2.54. The molecule has 4 aliphatic carbocycles. The third-order valence-electron chi connectivity index (χ3n) is 7.61. The van der Waals surface area contributed by atoms with Gasteiger partial charge in [-0.25, -0.2) is 4.68 Å². The van der Waals surface area contributed by atoms with E-state index in [0.717, 1.165) is 18.3 Å². The second-order valence-electron chi connectivity index (χ2n) is 10.7. The maximum absolute atomic E-state index is 13.3. The van der Waals surface area contributed by atoms with Gasteiger partial charge in [-0.15, -0.1) is 12.4 Å². The maximum Gasteiger partial charge on any atom is 0.258 e. The monoisotopic (exact) mass is 493 g/mol. The average molecular weight is 494 g/mol. The molecule has 0 spiro atoms. The maximum atomic E-state index is 13.3. The number of hydrogen-bond donors (Lipinski definition) is 3. The fourth-order valence-corrected chi connectivity index (χ4v) is 6.09. The predicted molar refractivity (Wildman–Crippen MR) is 135 cm³/mol. The SMILES string of the molecule is CCCOc1c(C(=O)NC2C3CC4CC(C3)CC2C4)cnn1/C=C/C(C)(C)C(=O)NCCN.Cl. The topological polar surface area (TPSA) is 111 Å². The Morgan fingerprint density at radius 3 is 2.44 bits per heavy atom. The van der Waals surface area contributed by atoms with E-state index in [4.69, 9.17) is 10.5 Å². The van der Waals surface area contributed by atoms with Crippen molar-refractivity contribution in [3.63, 3.8) is 0 Å². The van der Waals surface area contributed by atoms with Crippen molar-refractivity contribution < 1.29 is 14.3 Å². The van der Waals surface area contributed by atoms with Crippen LogP contribution in [0, 0.1) is 29.1 Å². The molecule has 4 fully saturated rings. The van der Waals surface area contributed by atoms with Crippen LogP contribution in [-0.4, -0.2) is 47.3 Å². The Kier molecular flexibility index (Phi) is 8.68. The Bertz CT molecular complexity index is 869. The molecule has 8 nitrogen and oxygen atoms in total. The van der Waals surface area contributed by atoms with E-state index in [0.29, 0.717) is 43.0 Å². The van der Waals surface area contributed by atoms with E-state index < -0.39 is 5.41 Å². The molecule has 0 unspecified atom stereocenters. The van der Waals surface area contributed by atoms with Crippen molar-refractivity contribution in [2.24, 2.45) is 34.8 Å². The van der Waals surface area contributed by atoms with Crippen LogP contribution in [0.3, 0.4) is 0 Å². The molecule has 34 heavy (non-hydrogen) atoms. The quantitative estimate of drug-likeness (QED) is 0.463. The first-order valence-corrected chi connectivity index (χ1v) is 12.5. The molecule has 4 saturated carbocycles. The predicted octanol–water partition coefficient (Wildman–Crippen LogP) is 3.22. The third-order valence-corrected chi connectivity index (χ3v) is 7.61. The standard InChI is InChI=1S/C25H39N5O3.ClH/c1-4-9-33-23-20(15-28-30(23)8-5-25(2,3)24(32)27-7-6-26)22(31)29-21-18-11-16-10-17(13-18)14-19(21)12-16;/h5,8,15-19,21H,4,6-7,9-14,26H2,1-3H3,(H,27,32)(H,29,31);1H/b8-5+;. The molecule has 0 radical (unpaired) electrons. The Morgan fingerprint density at radius 1 is 1.21 bits per heavy atom. The minimum atomic E-state index is -0.758. The molecule has 4 bridgehead atoms. The molecule has 9 heteroatoms. The normalized spacial score (nSPS) is 27.5. The van der Waals surface area contributed by atoms with Gasteiger partial charge in [0.2, 0.25) is 11.8 Å². The second-order valence-corrected chi connectivity index (χ2v) is 10.7. The summed E-state index contributed by atoms with van der Waals surface area (Å²) in [4.78, 5) is 25.7. The van der Waals surface area contributed by atoms with Crippen LogP contribution in [0.2, 0.25) is 0 Å². The van der Waals surface area contributed by atoms with Crippen LogP contribution >= 0.6 is 12.4 Å². The molecule has 0 aliphatic heterocycles. The first-order valence-electron chi connectivity index (χ1n) is 12.5. The van der Waals surface area contributed by atoms with Gasteiger partial charge in [-0.2, -0.15) is 5.10 Å². The number of nitrogens with one attached hydrogen (secondary N) is 2. The van der Waals surface area contributed by atoms with Gasteiger partial charge in [-0.3, -0.25) is 9.59 Å². The number of aromatic nitrogens is 2. The molecular formula is C25H40ClN5O3. The summed E-state index contributed by atoms with van der Waals surface area (Å²) in [5.41, 5.74) is 5.18. The largest absolute Gasteiger partial charge is 0.477 e. The van der Waals surface area contributed by atoms with Crippen LogP contribution in [0.25, 0.3) is 6.20 Å². The molecule has 0 atom stereocenters. The lowest BCUT2D eigenvalue weighted by molar-refractivity contribution is -0.127. The van der Waals surface area contributed by atoms with Gasteiger partial charge in [0.25, 0.3) is 5.91 Å². The van der Waals surface area contributed by atoms with Crippen LogP contribution in [0.15, 0.2) is 12.3 Å². The van der Waals surface area contributed by atoms with Crippen LogP contribution in [0.4, 0.5) is 0 Å². The van der Waals surface area contributed by atoms with Crippen LogP contribution in [-0.2, 0) is 4.79 Å². The summed E-state index contributed by atoms with van der Waals surface area (Å²) in [6.07, 6.45) is 12.3. The van der Waals surface area contributed by atoms with Crippen molar-refractivity contribution in [1.29, 1.82) is 0 Å². The molecular weight excluding hydrogens is 454 g/mol. The number of hydrogen-bond acceptors (Lipinski definition) is 5. The zero-order valence-electron chi connectivity index (χ0n) is 20.6. The number of rotatable bonds is 10. The van der Waals surface area contributed by atoms with Gasteiger partial charge in [0.05, 0.1) is 18.2 Å². The number of nitrogens with zero attached hydrogens (tertiary/aromatic N) is 2. The van der Waals surface area contributed by atoms with Gasteiger partial charge >= 0.3 is 0 Å². The molecule has 4 aliphatic rings. The van der Waals surface area contributed by atoms with Crippen LogP contribution in [0.1, 0.15) is 69.7 Å². The molecule has 1 aromatic rings. The minimum Gasteiger partial charge on any atom is -0.477 e. The van der Waals surface area contributed by atoms with E-state index in [2.05, 4.69) is 15.7 Å². The van der Waals surface area contributed by atoms with E-state index in [1.165, 1.54) is 32.1 Å². The number of nitrogens with two attached hydrogens (primary N) is 1. The number of halogens is 1. The Balaban J connectivity index is 0.00000324. The highest BCUT2D eigenvalue weighted by atomic mass is 35.5. The fraction of sp³-hybridized carbons (Fsp3) is 0.720. The van der Waals surface area contributed by atoms with E-state index in [-0.39, 0.29) is 30.3 Å². The van der Waals surface area contributed by atoms with Crippen molar-refractivity contribution in [3.05, 3.63) is 17.8 Å². The van der Waals surface area contributed by atoms with E-state index in [1.54, 1.807) is 23.2 Å². The third kappa shape index (κ3) is 5.60. The van der Waals surface area contributed by atoms with Gasteiger partial charge < -0.3 is 21.1 Å². The van der Waals surface area contributed by atoms with Crippen molar-refractivity contribution >= 4 is 30.4 Å². The lowest BCUT2D eigenvalue weighted by atomic mass is 9.54. The van der Waals surface area contributed by atoms with Gasteiger partial charge in [-0.1, -0.05) is 13.0 Å². The van der Waals surface area contributed by atoms with Gasteiger partial charge in [0.15, 0.2) is 0 Å². The van der Waals surface area contributed by atoms with E-state index in [9.17, 15) is 9.59 Å². The van der Waals surface area contributed by atoms with Crippen molar-refractivity contribution in [2.75, 3.05) is 19.7 Å². The molecule has 2 amide bonds. The first-order chi connectivity index (χ1) is 15.8. The fourth-order valence-electron chi connectivity index (χ4n) is 6.09. The molecule has 190 valence electrons. The number of ether oxygens (including phenoxy) is 1. The van der Waals surface area contributed by atoms with E-state index >= 15 is 0 Å². The summed E-state index contributed by atoms with van der Waals surface area (Å²) in [7, 11) is 0. The molecule has 4 N–H and O–H groups in total. The zero-order chi connectivity index (χ0) is 23.6. The van der Waals surface area contributed by atoms with Crippen LogP contribution < -0.4 is 21.1 Å². The highest BCUT2D eigenvalue weighted by molar-refractivity contribution is 5.96. The summed E-state index contributed by atoms with van der Waals surface area (Å²) in [6, 6.07) is 0.258. The van der Waals surface area contributed by atoms with Crippen LogP contribution in [0.5, 0.6) is 5.88 Å². The zero-order valence-corrected chi connectivity index (χ0v) is 21.4. The Hall–Kier alpha value is -2.06. The Labute approximate surface area is 208 Å². The van der Waals surface area contributed by atoms with E-state index in [1.807, 2.05) is 20.8 Å². The smallest absolute Gasteiger partial charge is 0.258 e. The van der Waals surface area contributed by atoms with Gasteiger partial charge in [-0.05, 0) is 76.0 Å². The summed E-state index contributed by atoms with van der Waals surface area (Å²) >= 11 is 0. The summed E-state index contributed by atoms with van der Waals surface area (Å²) < 4.78 is 7.50. The number of carbonyl (C=O) groups is 2. The molecule has 1 heterocycles. The second kappa shape index (κ2) is 11.1. The molecule has 1 aromatic heterocycles. The van der Waals surface area contributed by atoms with Crippen molar-refractivity contribution in [2.45, 2.75) is 65.3 Å². The van der Waals surface area contributed by atoms with Gasteiger partial charge in [0, 0.05) is 25.3 Å². The molecule has 5 rings (SSSR count). The number of carbonyl (C=O) groups excluding carboxylic acids is 2. The lowest BCUT2D eigenvalue weighted by Crippen LogP contribution is -2.55. The van der Waals surface area contributed by atoms with Gasteiger partial charge in [0.1, 0.15) is 5.56 Å². The van der Waals surface area contributed by atoms with Crippen molar-refractivity contribution in [3.8, 4) is 5.88 Å². The highest BCUT2D eigenvalue weighted by Crippen LogP contribution is 2.53. The molecule has 0 saturated heterocycles. The Morgan fingerprint density at radius 2 is 1.85 bits per heavy atom. The highest BCUT2D eigenvalue weighted by Gasteiger charge is 2.48. The summed E-state index contributed by atoms with van der Waals surface area (Å²) in [5.74, 6) is 3.13. The summed E-state index contributed by atoms with van der Waals surface area (Å²) in [6.45, 7) is 6.98. The minimum absolute atomic E-state index is 0. The number of amides is 2. The van der Waals surface area contributed by atoms with Crippen molar-refractivity contribution in [1.82, 2.24) is 20.4 Å². The first kappa shape index (κ1) is 26.5. The average Bonchev–Trinajstić information content (AvgIpc) is 3.19. The molecule has 0 aromatic carbocycles. The summed E-state index contributed by atoms with van der Waals surface area (Å²) in [5, 5.41) is 10.6.